The minimum atomic E-state index is 0.277. The van der Waals surface area contributed by atoms with E-state index in [1.807, 2.05) is 35.5 Å². The molecule has 5 heteroatoms. The summed E-state index contributed by atoms with van der Waals surface area (Å²) >= 11 is 3.91. The molecule has 2 unspecified atom stereocenters. The lowest BCUT2D eigenvalue weighted by Crippen LogP contribution is -2.33. The van der Waals surface area contributed by atoms with Crippen LogP contribution >= 0.6 is 23.5 Å². The molecule has 2 atom stereocenters. The van der Waals surface area contributed by atoms with Crippen LogP contribution in [0.5, 0.6) is 0 Å². The Bertz CT molecular complexity index is 565. The maximum Gasteiger partial charge on any atom is 0.232 e. The fourth-order valence-electron chi connectivity index (χ4n) is 3.28. The third-order valence-corrected chi connectivity index (χ3v) is 8.12. The molecular weight excluding hydrogens is 360 g/mol. The van der Waals surface area contributed by atoms with Gasteiger partial charge in [-0.1, -0.05) is 31.0 Å². The molecule has 146 valence electrons. The summed E-state index contributed by atoms with van der Waals surface area (Å²) in [5.74, 6) is 0.896. The van der Waals surface area contributed by atoms with Gasteiger partial charge < -0.3 is 9.80 Å². The van der Waals surface area contributed by atoms with Gasteiger partial charge in [-0.15, -0.1) is 23.5 Å². The van der Waals surface area contributed by atoms with Crippen molar-refractivity contribution < 1.29 is 4.79 Å². The monoisotopic (exact) mass is 394 g/mol. The Balaban J connectivity index is 1.82. The van der Waals surface area contributed by atoms with Gasteiger partial charge in [0.05, 0.1) is 5.75 Å². The molecule has 0 bridgehead atoms. The number of amides is 1. The molecule has 2 rings (SSSR count). The number of carbonyl (C=O) groups excluding carboxylic acids is 1. The topological polar surface area (TPSA) is 23.6 Å². The molecule has 0 aromatic heterocycles. The van der Waals surface area contributed by atoms with E-state index >= 15 is 0 Å². The molecule has 1 saturated carbocycles. The number of rotatable bonds is 9. The van der Waals surface area contributed by atoms with Gasteiger partial charge in [0.2, 0.25) is 5.91 Å². The molecule has 1 aliphatic carbocycles. The van der Waals surface area contributed by atoms with Gasteiger partial charge in [0.1, 0.15) is 0 Å². The first-order chi connectivity index (χ1) is 12.5. The summed E-state index contributed by atoms with van der Waals surface area (Å²) < 4.78 is 0. The normalized spacial score (nSPS) is 20.3. The van der Waals surface area contributed by atoms with Crippen LogP contribution in [-0.4, -0.2) is 66.2 Å². The Kier molecular flexibility index (Phi) is 9.37. The van der Waals surface area contributed by atoms with Gasteiger partial charge in [0, 0.05) is 29.0 Å². The van der Waals surface area contributed by atoms with Crippen molar-refractivity contribution in [2.24, 2.45) is 0 Å². The summed E-state index contributed by atoms with van der Waals surface area (Å²) in [5, 5.41) is 1.22. The molecule has 1 fully saturated rings. The van der Waals surface area contributed by atoms with E-state index in [0.717, 1.165) is 19.5 Å². The van der Waals surface area contributed by atoms with E-state index in [4.69, 9.17) is 0 Å². The highest BCUT2D eigenvalue weighted by Gasteiger charge is 2.27. The third-order valence-electron chi connectivity index (χ3n) is 4.96. The Hall–Kier alpha value is -0.650. The number of hydrogen-bond acceptors (Lipinski definition) is 4. The maximum atomic E-state index is 12.5. The van der Waals surface area contributed by atoms with Crippen LogP contribution < -0.4 is 0 Å². The molecule has 0 spiro atoms. The average Bonchev–Trinajstić information content (AvgIpc) is 2.62. The zero-order valence-corrected chi connectivity index (χ0v) is 18.4. The molecule has 0 radical (unpaired) electrons. The SMILES string of the molecule is Cc1ccccc1SC1CCCCC1SCC(=O)N(C)CCCN(C)C. The molecule has 1 aromatic rings. The molecule has 0 saturated heterocycles. The molecule has 3 nitrogen and oxygen atoms in total. The second-order valence-electron chi connectivity index (χ2n) is 7.53. The zero-order valence-electron chi connectivity index (χ0n) is 16.7. The quantitative estimate of drug-likeness (QED) is 0.613. The molecule has 1 amide bonds. The summed E-state index contributed by atoms with van der Waals surface area (Å²) in [6.07, 6.45) is 6.17. The smallest absolute Gasteiger partial charge is 0.232 e. The van der Waals surface area contributed by atoms with Crippen LogP contribution in [0.25, 0.3) is 0 Å². The van der Waals surface area contributed by atoms with Gasteiger partial charge in [-0.05, 0) is 58.5 Å². The van der Waals surface area contributed by atoms with Gasteiger partial charge in [0.25, 0.3) is 0 Å². The van der Waals surface area contributed by atoms with Crippen LogP contribution in [0.15, 0.2) is 29.2 Å². The van der Waals surface area contributed by atoms with Crippen LogP contribution in [0.3, 0.4) is 0 Å². The van der Waals surface area contributed by atoms with Gasteiger partial charge in [-0.2, -0.15) is 0 Å². The second-order valence-corrected chi connectivity index (χ2v) is 10.0. The van der Waals surface area contributed by atoms with Crippen molar-refractivity contribution in [3.05, 3.63) is 29.8 Å². The molecule has 1 aliphatic rings. The van der Waals surface area contributed by atoms with E-state index in [1.165, 1.54) is 36.1 Å². The molecule has 0 aliphatic heterocycles. The minimum absolute atomic E-state index is 0.277. The number of nitrogens with zero attached hydrogens (tertiary/aromatic N) is 2. The first-order valence-corrected chi connectivity index (χ1v) is 11.6. The largest absolute Gasteiger partial charge is 0.345 e. The highest BCUT2D eigenvalue weighted by atomic mass is 32.2. The van der Waals surface area contributed by atoms with Crippen LogP contribution in [0.2, 0.25) is 0 Å². The Morgan fingerprint density at radius 2 is 1.77 bits per heavy atom. The van der Waals surface area contributed by atoms with Crippen molar-refractivity contribution in [1.82, 2.24) is 9.80 Å². The first kappa shape index (κ1) is 21.6. The molecule has 0 N–H and O–H groups in total. The van der Waals surface area contributed by atoms with Crippen molar-refractivity contribution in [3.63, 3.8) is 0 Å². The van der Waals surface area contributed by atoms with Crippen molar-refractivity contribution in [1.29, 1.82) is 0 Å². The second kappa shape index (κ2) is 11.3. The lowest BCUT2D eigenvalue weighted by atomic mass is 10.00. The molecule has 0 heterocycles. The summed E-state index contributed by atoms with van der Waals surface area (Å²) in [7, 11) is 6.10. The lowest BCUT2D eigenvalue weighted by Gasteiger charge is -2.31. The summed E-state index contributed by atoms with van der Waals surface area (Å²) in [5.41, 5.74) is 1.36. The number of thioether (sulfide) groups is 2. The highest BCUT2D eigenvalue weighted by Crippen LogP contribution is 2.40. The fraction of sp³-hybridized carbons (Fsp3) is 0.667. The van der Waals surface area contributed by atoms with E-state index < -0.39 is 0 Å². The van der Waals surface area contributed by atoms with Crippen LogP contribution in [0.4, 0.5) is 0 Å². The first-order valence-electron chi connectivity index (χ1n) is 9.70. The van der Waals surface area contributed by atoms with Crippen molar-refractivity contribution >= 4 is 29.4 Å². The van der Waals surface area contributed by atoms with Crippen molar-refractivity contribution in [2.75, 3.05) is 40.0 Å². The Morgan fingerprint density at radius 1 is 1.08 bits per heavy atom. The van der Waals surface area contributed by atoms with E-state index in [2.05, 4.69) is 50.2 Å². The van der Waals surface area contributed by atoms with Crippen LogP contribution in [0, 0.1) is 6.92 Å². The van der Waals surface area contributed by atoms with Crippen molar-refractivity contribution in [3.8, 4) is 0 Å². The van der Waals surface area contributed by atoms with E-state index in [0.29, 0.717) is 16.3 Å². The van der Waals surface area contributed by atoms with E-state index in [-0.39, 0.29) is 5.91 Å². The van der Waals surface area contributed by atoms with Gasteiger partial charge >= 0.3 is 0 Å². The third kappa shape index (κ3) is 7.16. The Morgan fingerprint density at radius 3 is 2.46 bits per heavy atom. The number of hydrogen-bond donors (Lipinski definition) is 0. The average molecular weight is 395 g/mol. The van der Waals surface area contributed by atoms with Crippen LogP contribution in [-0.2, 0) is 4.79 Å². The fourth-order valence-corrected chi connectivity index (χ4v) is 6.25. The Labute approximate surface area is 168 Å². The van der Waals surface area contributed by atoms with Gasteiger partial charge in [-0.25, -0.2) is 0 Å². The standard InChI is InChI=1S/C21H34N2OS2/c1-17-10-5-6-11-18(17)26-20-13-8-7-12-19(20)25-16-21(24)23(4)15-9-14-22(2)3/h5-6,10-11,19-20H,7-9,12-16H2,1-4H3. The number of aryl methyl sites for hydroxylation is 1. The molecule has 26 heavy (non-hydrogen) atoms. The van der Waals surface area contributed by atoms with E-state index in [1.54, 1.807) is 0 Å². The number of carbonyl (C=O) groups is 1. The summed E-state index contributed by atoms with van der Waals surface area (Å²) in [6, 6.07) is 8.67. The maximum absolute atomic E-state index is 12.5. The predicted octanol–water partition coefficient (Wildman–Crippen LogP) is 4.54. The van der Waals surface area contributed by atoms with Crippen LogP contribution in [0.1, 0.15) is 37.7 Å². The van der Waals surface area contributed by atoms with Gasteiger partial charge in [-0.3, -0.25) is 4.79 Å². The zero-order chi connectivity index (χ0) is 18.9. The number of benzene rings is 1. The summed E-state index contributed by atoms with van der Waals surface area (Å²) in [4.78, 5) is 17.9. The molecule has 1 aromatic carbocycles. The minimum Gasteiger partial charge on any atom is -0.345 e. The van der Waals surface area contributed by atoms with E-state index in [9.17, 15) is 4.79 Å². The van der Waals surface area contributed by atoms with Crippen molar-refractivity contribution in [2.45, 2.75) is 54.4 Å². The molecular formula is C21H34N2OS2. The predicted molar refractivity (Wildman–Crippen MR) is 116 cm³/mol. The highest BCUT2D eigenvalue weighted by molar-refractivity contribution is 8.04. The summed E-state index contributed by atoms with van der Waals surface area (Å²) in [6.45, 7) is 4.08. The van der Waals surface area contributed by atoms with Gasteiger partial charge in [0.15, 0.2) is 0 Å². The lowest BCUT2D eigenvalue weighted by molar-refractivity contribution is -0.127.